The third kappa shape index (κ3) is 2.35. The molecule has 1 aromatic rings. The lowest BCUT2D eigenvalue weighted by Crippen LogP contribution is -2.03. The Kier molecular flexibility index (Phi) is 2.78. The Morgan fingerprint density at radius 3 is 2.73 bits per heavy atom. The summed E-state index contributed by atoms with van der Waals surface area (Å²) in [5.41, 5.74) is 5.67. The van der Waals surface area contributed by atoms with Crippen LogP contribution in [0, 0.1) is 0 Å². The smallest absolute Gasteiger partial charge is 0.151 e. The SMILES string of the molecule is CC(N)c1nnc(C2CCS(=O)(=O)C2)s1. The summed E-state index contributed by atoms with van der Waals surface area (Å²) in [6.45, 7) is 1.84. The minimum Gasteiger partial charge on any atom is -0.322 e. The molecule has 1 aliphatic rings. The van der Waals surface area contributed by atoms with Crippen molar-refractivity contribution in [2.75, 3.05) is 11.5 Å². The molecule has 0 bridgehead atoms. The highest BCUT2D eigenvalue weighted by Crippen LogP contribution is 2.31. The molecule has 0 aliphatic carbocycles. The molecule has 0 spiro atoms. The Balaban J connectivity index is 2.17. The van der Waals surface area contributed by atoms with Crippen LogP contribution in [0.4, 0.5) is 0 Å². The number of hydrogen-bond donors (Lipinski definition) is 1. The van der Waals surface area contributed by atoms with E-state index < -0.39 is 9.84 Å². The lowest BCUT2D eigenvalue weighted by molar-refractivity contribution is 0.601. The Bertz CT molecular complexity index is 452. The van der Waals surface area contributed by atoms with Crippen LogP contribution in [0.25, 0.3) is 0 Å². The van der Waals surface area contributed by atoms with Gasteiger partial charge in [-0.05, 0) is 13.3 Å². The largest absolute Gasteiger partial charge is 0.322 e. The van der Waals surface area contributed by atoms with Crippen molar-refractivity contribution in [3.63, 3.8) is 0 Å². The van der Waals surface area contributed by atoms with Gasteiger partial charge >= 0.3 is 0 Å². The first-order valence-corrected chi connectivity index (χ1v) is 7.41. The third-order valence-electron chi connectivity index (χ3n) is 2.43. The van der Waals surface area contributed by atoms with Gasteiger partial charge in [0.05, 0.1) is 17.5 Å². The van der Waals surface area contributed by atoms with Crippen LogP contribution in [-0.2, 0) is 9.84 Å². The van der Waals surface area contributed by atoms with Gasteiger partial charge in [-0.25, -0.2) is 8.42 Å². The molecule has 2 unspecified atom stereocenters. The Morgan fingerprint density at radius 1 is 1.53 bits per heavy atom. The summed E-state index contributed by atoms with van der Waals surface area (Å²) in [4.78, 5) is 0. The molecule has 1 saturated heterocycles. The summed E-state index contributed by atoms with van der Waals surface area (Å²) in [5, 5.41) is 9.55. The summed E-state index contributed by atoms with van der Waals surface area (Å²) in [5.74, 6) is 0.505. The fourth-order valence-electron chi connectivity index (χ4n) is 1.59. The number of aromatic nitrogens is 2. The van der Waals surface area contributed by atoms with E-state index in [0.29, 0.717) is 6.42 Å². The highest BCUT2D eigenvalue weighted by molar-refractivity contribution is 7.91. The Hall–Kier alpha value is -0.530. The van der Waals surface area contributed by atoms with E-state index in [4.69, 9.17) is 5.73 Å². The summed E-state index contributed by atoms with van der Waals surface area (Å²) in [6.07, 6.45) is 0.663. The fourth-order valence-corrected chi connectivity index (χ4v) is 4.37. The predicted molar refractivity (Wildman–Crippen MR) is 58.5 cm³/mol. The Morgan fingerprint density at radius 2 is 2.27 bits per heavy atom. The first kappa shape index (κ1) is 11.0. The van der Waals surface area contributed by atoms with Crippen molar-refractivity contribution in [2.45, 2.75) is 25.3 Å². The summed E-state index contributed by atoms with van der Waals surface area (Å²) >= 11 is 1.43. The molecule has 0 saturated carbocycles. The number of sulfone groups is 1. The molecule has 84 valence electrons. The highest BCUT2D eigenvalue weighted by atomic mass is 32.2. The van der Waals surface area contributed by atoms with Crippen molar-refractivity contribution in [2.24, 2.45) is 5.73 Å². The van der Waals surface area contributed by atoms with E-state index in [1.54, 1.807) is 0 Å². The van der Waals surface area contributed by atoms with Gasteiger partial charge in [-0.3, -0.25) is 0 Å². The molecule has 5 nitrogen and oxygen atoms in total. The van der Waals surface area contributed by atoms with E-state index in [-0.39, 0.29) is 23.5 Å². The quantitative estimate of drug-likeness (QED) is 0.820. The van der Waals surface area contributed by atoms with Gasteiger partial charge in [0, 0.05) is 5.92 Å². The molecule has 2 atom stereocenters. The van der Waals surface area contributed by atoms with Crippen LogP contribution in [0.5, 0.6) is 0 Å². The van der Waals surface area contributed by atoms with Gasteiger partial charge in [-0.1, -0.05) is 11.3 Å². The first-order valence-electron chi connectivity index (χ1n) is 4.77. The van der Waals surface area contributed by atoms with E-state index in [1.807, 2.05) is 6.92 Å². The van der Waals surface area contributed by atoms with Crippen molar-refractivity contribution < 1.29 is 8.42 Å². The summed E-state index contributed by atoms with van der Waals surface area (Å²) in [6, 6.07) is -0.130. The van der Waals surface area contributed by atoms with Crippen molar-refractivity contribution in [1.29, 1.82) is 0 Å². The minimum atomic E-state index is -2.85. The van der Waals surface area contributed by atoms with Crippen LogP contribution >= 0.6 is 11.3 Å². The Labute approximate surface area is 92.6 Å². The zero-order chi connectivity index (χ0) is 11.1. The molecule has 0 aromatic carbocycles. The topological polar surface area (TPSA) is 85.9 Å². The van der Waals surface area contributed by atoms with E-state index in [9.17, 15) is 8.42 Å². The van der Waals surface area contributed by atoms with Gasteiger partial charge in [0.1, 0.15) is 10.0 Å². The molecule has 1 aliphatic heterocycles. The first-order chi connectivity index (χ1) is 6.98. The van der Waals surface area contributed by atoms with E-state index in [2.05, 4.69) is 10.2 Å². The average molecular weight is 247 g/mol. The zero-order valence-corrected chi connectivity index (χ0v) is 10.0. The summed E-state index contributed by atoms with van der Waals surface area (Å²) in [7, 11) is -2.85. The maximum absolute atomic E-state index is 11.3. The minimum absolute atomic E-state index is 0.0278. The number of nitrogens with zero attached hydrogens (tertiary/aromatic N) is 2. The zero-order valence-electron chi connectivity index (χ0n) is 8.38. The molecule has 2 rings (SSSR count). The third-order valence-corrected chi connectivity index (χ3v) is 5.48. The molecular formula is C8H13N3O2S2. The van der Waals surface area contributed by atoms with Crippen LogP contribution in [0.1, 0.15) is 35.3 Å². The van der Waals surface area contributed by atoms with Crippen LogP contribution < -0.4 is 5.73 Å². The van der Waals surface area contributed by atoms with Crippen LogP contribution in [0.15, 0.2) is 0 Å². The van der Waals surface area contributed by atoms with Gasteiger partial charge < -0.3 is 5.73 Å². The maximum Gasteiger partial charge on any atom is 0.151 e. The molecule has 1 fully saturated rings. The van der Waals surface area contributed by atoms with Crippen LogP contribution in [0.3, 0.4) is 0 Å². The van der Waals surface area contributed by atoms with Crippen LogP contribution in [-0.4, -0.2) is 30.1 Å². The van der Waals surface area contributed by atoms with E-state index >= 15 is 0 Å². The number of rotatable bonds is 2. The monoisotopic (exact) mass is 247 g/mol. The normalized spacial score (nSPS) is 26.7. The second-order valence-corrected chi connectivity index (χ2v) is 7.14. The molecule has 15 heavy (non-hydrogen) atoms. The highest BCUT2D eigenvalue weighted by Gasteiger charge is 2.31. The molecule has 7 heteroatoms. The van der Waals surface area contributed by atoms with Crippen LogP contribution in [0.2, 0.25) is 0 Å². The molecule has 1 aromatic heterocycles. The lowest BCUT2D eigenvalue weighted by Gasteiger charge is -2.00. The molecular weight excluding hydrogens is 234 g/mol. The van der Waals surface area contributed by atoms with Crippen molar-refractivity contribution in [3.05, 3.63) is 10.0 Å². The maximum atomic E-state index is 11.3. The van der Waals surface area contributed by atoms with Crippen molar-refractivity contribution >= 4 is 21.2 Å². The van der Waals surface area contributed by atoms with Gasteiger partial charge in [0.15, 0.2) is 9.84 Å². The fraction of sp³-hybridized carbons (Fsp3) is 0.750. The van der Waals surface area contributed by atoms with E-state index in [1.165, 1.54) is 11.3 Å². The van der Waals surface area contributed by atoms with E-state index in [0.717, 1.165) is 10.0 Å². The van der Waals surface area contributed by atoms with Gasteiger partial charge in [0.25, 0.3) is 0 Å². The molecule has 2 N–H and O–H groups in total. The molecule has 0 amide bonds. The van der Waals surface area contributed by atoms with Gasteiger partial charge in [-0.2, -0.15) is 0 Å². The second-order valence-electron chi connectivity index (χ2n) is 3.87. The van der Waals surface area contributed by atoms with Gasteiger partial charge in [-0.15, -0.1) is 10.2 Å². The second kappa shape index (κ2) is 3.80. The molecule has 0 radical (unpaired) electrons. The number of hydrogen-bond acceptors (Lipinski definition) is 6. The lowest BCUT2D eigenvalue weighted by atomic mass is 10.1. The van der Waals surface area contributed by atoms with Gasteiger partial charge in [0.2, 0.25) is 0 Å². The molecule has 2 heterocycles. The number of nitrogens with two attached hydrogens (primary N) is 1. The standard InChI is InChI=1S/C8H13N3O2S2/c1-5(9)7-10-11-8(14-7)6-2-3-15(12,13)4-6/h5-6H,2-4,9H2,1H3. The average Bonchev–Trinajstić information content (AvgIpc) is 2.70. The van der Waals surface area contributed by atoms with Crippen molar-refractivity contribution in [3.8, 4) is 0 Å². The summed E-state index contributed by atoms with van der Waals surface area (Å²) < 4.78 is 22.6. The van der Waals surface area contributed by atoms with Crippen molar-refractivity contribution in [1.82, 2.24) is 10.2 Å². The predicted octanol–water partition coefficient (Wildman–Crippen LogP) is 0.460.